The van der Waals surface area contributed by atoms with Crippen LogP contribution in [0.5, 0.6) is 0 Å². The maximum absolute atomic E-state index is 3.55. The molecule has 0 saturated carbocycles. The van der Waals surface area contributed by atoms with Gasteiger partial charge in [0, 0.05) is 15.8 Å². The van der Waals surface area contributed by atoms with Crippen molar-refractivity contribution in [2.75, 3.05) is 6.54 Å². The Morgan fingerprint density at radius 2 is 1.95 bits per heavy atom. The number of hydrogen-bond donors (Lipinski definition) is 1. The molecule has 1 unspecified atom stereocenters. The summed E-state index contributed by atoms with van der Waals surface area (Å²) in [5.41, 5.74) is 4.13. The van der Waals surface area contributed by atoms with Crippen LogP contribution in [-0.4, -0.2) is 6.54 Å². The van der Waals surface area contributed by atoms with Crippen molar-refractivity contribution >= 4 is 11.3 Å². The summed E-state index contributed by atoms with van der Waals surface area (Å²) in [5, 5.41) is 3.55. The fourth-order valence-electron chi connectivity index (χ4n) is 2.21. The molecule has 0 fully saturated rings. The zero-order chi connectivity index (χ0) is 13.8. The lowest BCUT2D eigenvalue weighted by atomic mass is 10.0. The summed E-state index contributed by atoms with van der Waals surface area (Å²) >= 11 is 1.90. The molecule has 2 aromatic rings. The lowest BCUT2D eigenvalue weighted by Gasteiger charge is -2.11. The maximum atomic E-state index is 3.55. The number of rotatable bonds is 5. The van der Waals surface area contributed by atoms with Crippen molar-refractivity contribution in [2.24, 2.45) is 0 Å². The van der Waals surface area contributed by atoms with Gasteiger partial charge in [-0.2, -0.15) is 0 Å². The fraction of sp³-hybridized carbons (Fsp3) is 0.412. The van der Waals surface area contributed by atoms with E-state index in [9.17, 15) is 0 Å². The SMILES string of the molecule is CCCNC(C)c1ccc(-c2cccc(C)c2C)s1. The lowest BCUT2D eigenvalue weighted by Crippen LogP contribution is -2.18. The Morgan fingerprint density at radius 3 is 2.68 bits per heavy atom. The van der Waals surface area contributed by atoms with Crippen LogP contribution in [0.2, 0.25) is 0 Å². The van der Waals surface area contributed by atoms with E-state index in [1.807, 2.05) is 11.3 Å². The summed E-state index contributed by atoms with van der Waals surface area (Å²) < 4.78 is 0. The Kier molecular flexibility index (Phi) is 4.78. The molecule has 1 aromatic carbocycles. The number of benzene rings is 1. The Balaban J connectivity index is 2.23. The highest BCUT2D eigenvalue weighted by molar-refractivity contribution is 7.15. The second kappa shape index (κ2) is 6.36. The number of hydrogen-bond acceptors (Lipinski definition) is 2. The van der Waals surface area contributed by atoms with E-state index in [0.29, 0.717) is 6.04 Å². The van der Waals surface area contributed by atoms with Gasteiger partial charge in [0.05, 0.1) is 0 Å². The monoisotopic (exact) mass is 273 g/mol. The zero-order valence-corrected chi connectivity index (χ0v) is 13.1. The summed E-state index contributed by atoms with van der Waals surface area (Å²) in [6.07, 6.45) is 1.18. The van der Waals surface area contributed by atoms with Gasteiger partial charge in [-0.25, -0.2) is 0 Å². The summed E-state index contributed by atoms with van der Waals surface area (Å²) in [5.74, 6) is 0. The summed E-state index contributed by atoms with van der Waals surface area (Å²) in [7, 11) is 0. The summed E-state index contributed by atoms with van der Waals surface area (Å²) in [4.78, 5) is 2.80. The second-order valence-electron chi connectivity index (χ2n) is 5.13. The van der Waals surface area contributed by atoms with E-state index in [-0.39, 0.29) is 0 Å². The predicted molar refractivity (Wildman–Crippen MR) is 85.9 cm³/mol. The van der Waals surface area contributed by atoms with E-state index in [1.54, 1.807) is 0 Å². The predicted octanol–water partition coefficient (Wildman–Crippen LogP) is 5.09. The first-order valence-corrected chi connectivity index (χ1v) is 7.84. The summed E-state index contributed by atoms with van der Waals surface area (Å²) in [6, 6.07) is 11.5. The van der Waals surface area contributed by atoms with Crippen molar-refractivity contribution in [3.8, 4) is 10.4 Å². The van der Waals surface area contributed by atoms with Crippen molar-refractivity contribution < 1.29 is 0 Å². The molecule has 102 valence electrons. The molecule has 1 atom stereocenters. The van der Waals surface area contributed by atoms with Gasteiger partial charge in [-0.3, -0.25) is 0 Å². The molecular weight excluding hydrogens is 250 g/mol. The molecular formula is C17H23NS. The molecule has 0 spiro atoms. The van der Waals surface area contributed by atoms with E-state index in [2.05, 4.69) is 63.3 Å². The third kappa shape index (κ3) is 3.26. The molecule has 1 nitrogen and oxygen atoms in total. The molecule has 0 aliphatic rings. The van der Waals surface area contributed by atoms with Crippen LogP contribution < -0.4 is 5.32 Å². The van der Waals surface area contributed by atoms with Gasteiger partial charge in [0.2, 0.25) is 0 Å². The van der Waals surface area contributed by atoms with Gasteiger partial charge < -0.3 is 5.32 Å². The first kappa shape index (κ1) is 14.3. The average Bonchev–Trinajstić information content (AvgIpc) is 2.88. The van der Waals surface area contributed by atoms with Crippen LogP contribution in [0.1, 0.15) is 42.3 Å². The third-order valence-electron chi connectivity index (χ3n) is 3.62. The first-order chi connectivity index (χ1) is 9.13. The van der Waals surface area contributed by atoms with E-state index in [1.165, 1.54) is 32.9 Å². The van der Waals surface area contributed by atoms with Crippen molar-refractivity contribution in [2.45, 2.75) is 40.2 Å². The minimum atomic E-state index is 0.448. The van der Waals surface area contributed by atoms with Gasteiger partial charge in [0.1, 0.15) is 0 Å². The molecule has 0 saturated heterocycles. The largest absolute Gasteiger partial charge is 0.309 e. The Bertz CT molecular complexity index is 542. The molecule has 2 heteroatoms. The topological polar surface area (TPSA) is 12.0 Å². The van der Waals surface area contributed by atoms with E-state index < -0.39 is 0 Å². The van der Waals surface area contributed by atoms with Gasteiger partial charge in [-0.15, -0.1) is 11.3 Å². The molecule has 0 amide bonds. The molecule has 0 bridgehead atoms. The maximum Gasteiger partial charge on any atom is 0.0386 e. The van der Waals surface area contributed by atoms with Gasteiger partial charge in [0.25, 0.3) is 0 Å². The third-order valence-corrected chi connectivity index (χ3v) is 4.93. The van der Waals surface area contributed by atoms with Crippen LogP contribution in [0.25, 0.3) is 10.4 Å². The van der Waals surface area contributed by atoms with Crippen LogP contribution in [0.15, 0.2) is 30.3 Å². The van der Waals surface area contributed by atoms with Crippen molar-refractivity contribution in [1.29, 1.82) is 0 Å². The van der Waals surface area contributed by atoms with Gasteiger partial charge in [0.15, 0.2) is 0 Å². The highest BCUT2D eigenvalue weighted by Crippen LogP contribution is 2.34. The zero-order valence-electron chi connectivity index (χ0n) is 12.3. The summed E-state index contributed by atoms with van der Waals surface area (Å²) in [6.45, 7) is 9.92. The minimum absolute atomic E-state index is 0.448. The highest BCUT2D eigenvalue weighted by atomic mass is 32.1. The Hall–Kier alpha value is -1.12. The van der Waals surface area contributed by atoms with E-state index in [4.69, 9.17) is 0 Å². The quantitative estimate of drug-likeness (QED) is 0.800. The number of aryl methyl sites for hydroxylation is 1. The molecule has 0 radical (unpaired) electrons. The minimum Gasteiger partial charge on any atom is -0.309 e. The van der Waals surface area contributed by atoms with E-state index >= 15 is 0 Å². The average molecular weight is 273 g/mol. The smallest absolute Gasteiger partial charge is 0.0386 e. The van der Waals surface area contributed by atoms with Crippen molar-refractivity contribution in [1.82, 2.24) is 5.32 Å². The molecule has 1 aromatic heterocycles. The number of nitrogens with one attached hydrogen (secondary N) is 1. The van der Waals surface area contributed by atoms with Crippen LogP contribution in [0.4, 0.5) is 0 Å². The molecule has 2 rings (SSSR count). The van der Waals surface area contributed by atoms with E-state index in [0.717, 1.165) is 6.54 Å². The van der Waals surface area contributed by atoms with Crippen LogP contribution >= 0.6 is 11.3 Å². The van der Waals surface area contributed by atoms with Gasteiger partial charge in [-0.1, -0.05) is 25.1 Å². The normalized spacial score (nSPS) is 12.6. The van der Waals surface area contributed by atoms with Gasteiger partial charge >= 0.3 is 0 Å². The molecule has 1 heterocycles. The van der Waals surface area contributed by atoms with Crippen LogP contribution in [0, 0.1) is 13.8 Å². The van der Waals surface area contributed by atoms with Gasteiger partial charge in [-0.05, 0) is 62.6 Å². The van der Waals surface area contributed by atoms with Crippen LogP contribution in [-0.2, 0) is 0 Å². The first-order valence-electron chi connectivity index (χ1n) is 7.03. The number of thiophene rings is 1. The molecule has 19 heavy (non-hydrogen) atoms. The van der Waals surface area contributed by atoms with Crippen molar-refractivity contribution in [3.63, 3.8) is 0 Å². The second-order valence-corrected chi connectivity index (χ2v) is 6.24. The molecule has 0 aliphatic heterocycles. The Morgan fingerprint density at radius 1 is 1.16 bits per heavy atom. The standard InChI is InChI=1S/C17H23NS/c1-5-11-18-14(4)16-9-10-17(19-16)15-8-6-7-12(2)13(15)3/h6-10,14,18H,5,11H2,1-4H3. The molecule has 0 aliphatic carbocycles. The lowest BCUT2D eigenvalue weighted by molar-refractivity contribution is 0.578. The fourth-order valence-corrected chi connectivity index (χ4v) is 3.33. The highest BCUT2D eigenvalue weighted by Gasteiger charge is 2.10. The molecule has 1 N–H and O–H groups in total. The van der Waals surface area contributed by atoms with Crippen LogP contribution in [0.3, 0.4) is 0 Å². The van der Waals surface area contributed by atoms with Crippen molar-refractivity contribution in [3.05, 3.63) is 46.3 Å². The Labute approximate surface area is 120 Å².